The van der Waals surface area contributed by atoms with Crippen LogP contribution >= 0.6 is 0 Å². The Bertz CT molecular complexity index is 297. The zero-order valence-electron chi connectivity index (χ0n) is 9.99. The lowest BCUT2D eigenvalue weighted by Gasteiger charge is -2.33. The second-order valence-electron chi connectivity index (χ2n) is 4.86. The lowest BCUT2D eigenvalue weighted by atomic mass is 9.76. The van der Waals surface area contributed by atoms with Gasteiger partial charge in [0.25, 0.3) is 0 Å². The summed E-state index contributed by atoms with van der Waals surface area (Å²) in [6.07, 6.45) is 8.23. The Morgan fingerprint density at radius 2 is 2.44 bits per heavy atom. The first-order valence-electron chi connectivity index (χ1n) is 6.34. The van der Waals surface area contributed by atoms with Gasteiger partial charge in [0.2, 0.25) is 0 Å². The van der Waals surface area contributed by atoms with Crippen molar-refractivity contribution in [3.63, 3.8) is 0 Å². The summed E-state index contributed by atoms with van der Waals surface area (Å²) < 4.78 is 5.47. The van der Waals surface area contributed by atoms with Gasteiger partial charge in [-0.1, -0.05) is 26.2 Å². The Hall–Kier alpha value is -0.800. The van der Waals surface area contributed by atoms with Crippen molar-refractivity contribution < 1.29 is 4.42 Å². The molecule has 16 heavy (non-hydrogen) atoms. The monoisotopic (exact) mass is 222 g/mol. The lowest BCUT2D eigenvalue weighted by Crippen LogP contribution is -2.35. The molecule has 0 saturated heterocycles. The Morgan fingerprint density at radius 3 is 3.06 bits per heavy atom. The molecule has 3 unspecified atom stereocenters. The zero-order chi connectivity index (χ0) is 11.4. The fraction of sp³-hybridized carbons (Fsp3) is 0.692. The van der Waals surface area contributed by atoms with Crippen molar-refractivity contribution >= 4 is 0 Å². The maximum atomic E-state index is 5.67. The van der Waals surface area contributed by atoms with Crippen molar-refractivity contribution in [2.24, 2.45) is 17.7 Å². The van der Waals surface area contributed by atoms with Crippen molar-refractivity contribution in [2.45, 2.75) is 45.1 Å². The standard InChI is InChI=1S/C13H22N2O/c1-2-10-5-3-6-11(9-10)13(15-14)12-7-4-8-16-12/h4,7-8,10-11,13,15H,2-3,5-6,9,14H2,1H3. The minimum absolute atomic E-state index is 0.185. The highest BCUT2D eigenvalue weighted by molar-refractivity contribution is 5.06. The predicted octanol–water partition coefficient (Wildman–Crippen LogP) is 3.00. The number of hydrogen-bond acceptors (Lipinski definition) is 3. The molecule has 0 amide bonds. The molecule has 1 aromatic rings. The summed E-state index contributed by atoms with van der Waals surface area (Å²) in [4.78, 5) is 0. The van der Waals surface area contributed by atoms with Gasteiger partial charge in [0.15, 0.2) is 0 Å². The van der Waals surface area contributed by atoms with Crippen LogP contribution in [0.15, 0.2) is 22.8 Å². The van der Waals surface area contributed by atoms with Gasteiger partial charge in [-0.05, 0) is 36.8 Å². The molecule has 3 atom stereocenters. The Labute approximate surface area is 97.4 Å². The lowest BCUT2D eigenvalue weighted by molar-refractivity contribution is 0.194. The molecule has 1 fully saturated rings. The van der Waals surface area contributed by atoms with Crippen molar-refractivity contribution in [3.05, 3.63) is 24.2 Å². The largest absolute Gasteiger partial charge is 0.468 e. The van der Waals surface area contributed by atoms with E-state index in [1.807, 2.05) is 12.1 Å². The first kappa shape index (κ1) is 11.7. The van der Waals surface area contributed by atoms with Gasteiger partial charge in [0, 0.05) is 0 Å². The molecule has 1 aliphatic rings. The van der Waals surface area contributed by atoms with E-state index in [1.54, 1.807) is 6.26 Å². The minimum Gasteiger partial charge on any atom is -0.468 e. The molecule has 1 heterocycles. The molecule has 1 aromatic heterocycles. The molecule has 3 N–H and O–H groups in total. The van der Waals surface area contributed by atoms with E-state index in [2.05, 4.69) is 12.3 Å². The van der Waals surface area contributed by atoms with Gasteiger partial charge in [-0.3, -0.25) is 5.84 Å². The number of hydrazine groups is 1. The van der Waals surface area contributed by atoms with E-state index in [0.717, 1.165) is 11.7 Å². The number of hydrogen-bond donors (Lipinski definition) is 2. The molecule has 1 aliphatic carbocycles. The summed E-state index contributed by atoms with van der Waals surface area (Å²) in [5, 5.41) is 0. The first-order chi connectivity index (χ1) is 7.85. The van der Waals surface area contributed by atoms with Crippen LogP contribution < -0.4 is 11.3 Å². The highest BCUT2D eigenvalue weighted by Crippen LogP contribution is 2.38. The maximum Gasteiger partial charge on any atom is 0.122 e. The van der Waals surface area contributed by atoms with Crippen LogP contribution in [0.5, 0.6) is 0 Å². The number of nitrogens with two attached hydrogens (primary N) is 1. The molecule has 0 radical (unpaired) electrons. The average Bonchev–Trinajstić information content (AvgIpc) is 2.84. The normalized spacial score (nSPS) is 27.9. The van der Waals surface area contributed by atoms with Crippen LogP contribution in [0.3, 0.4) is 0 Å². The van der Waals surface area contributed by atoms with E-state index in [9.17, 15) is 0 Å². The molecule has 2 rings (SSSR count). The molecular formula is C13H22N2O. The van der Waals surface area contributed by atoms with Gasteiger partial charge in [-0.2, -0.15) is 0 Å². The highest BCUT2D eigenvalue weighted by atomic mass is 16.3. The van der Waals surface area contributed by atoms with E-state index in [0.29, 0.717) is 5.92 Å². The van der Waals surface area contributed by atoms with E-state index < -0.39 is 0 Å². The number of nitrogens with one attached hydrogen (secondary N) is 1. The van der Waals surface area contributed by atoms with Crippen LogP contribution in [-0.2, 0) is 0 Å². The quantitative estimate of drug-likeness (QED) is 0.608. The Balaban J connectivity index is 2.03. The van der Waals surface area contributed by atoms with E-state index >= 15 is 0 Å². The van der Waals surface area contributed by atoms with E-state index in [1.165, 1.54) is 32.1 Å². The fourth-order valence-electron chi connectivity index (χ4n) is 2.92. The Kier molecular flexibility index (Phi) is 4.02. The van der Waals surface area contributed by atoms with Crippen molar-refractivity contribution in [1.82, 2.24) is 5.43 Å². The first-order valence-corrected chi connectivity index (χ1v) is 6.34. The topological polar surface area (TPSA) is 51.2 Å². The maximum absolute atomic E-state index is 5.67. The summed E-state index contributed by atoms with van der Waals surface area (Å²) in [5.41, 5.74) is 2.93. The van der Waals surface area contributed by atoms with Crippen molar-refractivity contribution in [2.75, 3.05) is 0 Å². The van der Waals surface area contributed by atoms with Crippen LogP contribution in [0, 0.1) is 11.8 Å². The second kappa shape index (κ2) is 5.51. The second-order valence-corrected chi connectivity index (χ2v) is 4.86. The summed E-state index contributed by atoms with van der Waals surface area (Å²) >= 11 is 0. The molecule has 3 heteroatoms. The van der Waals surface area contributed by atoms with Gasteiger partial charge in [-0.15, -0.1) is 0 Å². The number of furan rings is 1. The predicted molar refractivity (Wildman–Crippen MR) is 64.5 cm³/mol. The van der Waals surface area contributed by atoms with Gasteiger partial charge in [0.05, 0.1) is 12.3 Å². The van der Waals surface area contributed by atoms with E-state index in [-0.39, 0.29) is 6.04 Å². The SMILES string of the molecule is CCC1CCCC(C(NN)c2ccco2)C1. The van der Waals surface area contributed by atoms with Gasteiger partial charge >= 0.3 is 0 Å². The van der Waals surface area contributed by atoms with E-state index in [4.69, 9.17) is 10.3 Å². The molecular weight excluding hydrogens is 200 g/mol. The summed E-state index contributed by atoms with van der Waals surface area (Å²) in [5.74, 6) is 8.13. The third-order valence-electron chi connectivity index (χ3n) is 3.90. The molecule has 0 spiro atoms. The molecule has 0 bridgehead atoms. The summed E-state index contributed by atoms with van der Waals surface area (Å²) in [6.45, 7) is 2.28. The average molecular weight is 222 g/mol. The highest BCUT2D eigenvalue weighted by Gasteiger charge is 2.29. The van der Waals surface area contributed by atoms with Crippen LogP contribution in [0.1, 0.15) is 50.8 Å². The molecule has 0 aromatic carbocycles. The third-order valence-corrected chi connectivity index (χ3v) is 3.90. The van der Waals surface area contributed by atoms with Gasteiger partial charge in [-0.25, -0.2) is 5.43 Å². The molecule has 1 saturated carbocycles. The third kappa shape index (κ3) is 2.47. The minimum atomic E-state index is 0.185. The zero-order valence-corrected chi connectivity index (χ0v) is 9.99. The van der Waals surface area contributed by atoms with Crippen LogP contribution in [-0.4, -0.2) is 0 Å². The smallest absolute Gasteiger partial charge is 0.122 e. The Morgan fingerprint density at radius 1 is 1.56 bits per heavy atom. The van der Waals surface area contributed by atoms with Crippen LogP contribution in [0.25, 0.3) is 0 Å². The summed E-state index contributed by atoms with van der Waals surface area (Å²) in [6, 6.07) is 4.13. The fourth-order valence-corrected chi connectivity index (χ4v) is 2.92. The van der Waals surface area contributed by atoms with Crippen molar-refractivity contribution in [3.8, 4) is 0 Å². The van der Waals surface area contributed by atoms with Gasteiger partial charge in [0.1, 0.15) is 5.76 Å². The van der Waals surface area contributed by atoms with Crippen LogP contribution in [0.2, 0.25) is 0 Å². The molecule has 0 aliphatic heterocycles. The van der Waals surface area contributed by atoms with Crippen LogP contribution in [0.4, 0.5) is 0 Å². The number of rotatable bonds is 4. The molecule has 90 valence electrons. The molecule has 3 nitrogen and oxygen atoms in total. The van der Waals surface area contributed by atoms with Crippen molar-refractivity contribution in [1.29, 1.82) is 0 Å². The van der Waals surface area contributed by atoms with Gasteiger partial charge < -0.3 is 4.42 Å². The summed E-state index contributed by atoms with van der Waals surface area (Å²) in [7, 11) is 0.